The van der Waals surface area contributed by atoms with Crippen LogP contribution >= 0.6 is 27.3 Å². The zero-order valence-electron chi connectivity index (χ0n) is 13.9. The number of fused-ring (bicyclic) bond motifs is 1. The number of nitrogens with zero attached hydrogens (tertiary/aromatic N) is 3. The van der Waals surface area contributed by atoms with Gasteiger partial charge in [0, 0.05) is 21.1 Å². The van der Waals surface area contributed by atoms with E-state index < -0.39 is 0 Å². The van der Waals surface area contributed by atoms with Crippen molar-refractivity contribution in [2.45, 2.75) is 13.8 Å². The number of anilines is 1. The minimum Gasteiger partial charge on any atom is -0.415 e. The van der Waals surface area contributed by atoms with Gasteiger partial charge in [-0.15, -0.1) is 21.5 Å². The lowest BCUT2D eigenvalue weighted by molar-refractivity contribution is 0.101. The minimum absolute atomic E-state index is 0.0435. The van der Waals surface area contributed by atoms with E-state index in [1.807, 2.05) is 31.2 Å². The predicted octanol–water partition coefficient (Wildman–Crippen LogP) is 4.87. The third-order valence-electron chi connectivity index (χ3n) is 4.01. The van der Waals surface area contributed by atoms with E-state index in [1.54, 1.807) is 6.07 Å². The molecule has 3 aromatic heterocycles. The summed E-state index contributed by atoms with van der Waals surface area (Å²) in [7, 11) is 0. The number of benzene rings is 1. The lowest BCUT2D eigenvalue weighted by atomic mass is 10.1. The van der Waals surface area contributed by atoms with E-state index in [4.69, 9.17) is 10.2 Å². The third kappa shape index (κ3) is 2.71. The number of aryl methyl sites for hydroxylation is 1. The maximum Gasteiger partial charge on any atom is 0.260 e. The molecule has 0 spiro atoms. The Morgan fingerprint density at radius 3 is 2.69 bits per heavy atom. The highest BCUT2D eigenvalue weighted by Crippen LogP contribution is 2.41. The topological polar surface area (TPSA) is 94.9 Å². The van der Waals surface area contributed by atoms with Crippen molar-refractivity contribution in [3.05, 3.63) is 46.1 Å². The number of rotatable bonds is 3. The predicted molar refractivity (Wildman–Crippen MR) is 105 cm³/mol. The molecule has 0 unspecified atom stereocenters. The van der Waals surface area contributed by atoms with Crippen LogP contribution in [0, 0.1) is 6.92 Å². The van der Waals surface area contributed by atoms with E-state index in [1.165, 1.54) is 18.3 Å². The van der Waals surface area contributed by atoms with Crippen molar-refractivity contribution in [1.29, 1.82) is 0 Å². The molecule has 2 N–H and O–H groups in total. The van der Waals surface area contributed by atoms with Crippen LogP contribution < -0.4 is 5.73 Å². The summed E-state index contributed by atoms with van der Waals surface area (Å²) in [6, 6.07) is 9.38. The molecule has 0 bridgehead atoms. The number of ketones is 1. The standard InChI is InChI=1S/C18H13BrN4O2S/c1-8-11(9(2)24)7-12-14(20)15(26-18(12)21-8)17-23-22-16(25-17)10-5-3-4-6-13(10)19/h3-7H,20H2,1-2H3. The van der Waals surface area contributed by atoms with Gasteiger partial charge in [-0.3, -0.25) is 4.79 Å². The van der Waals surface area contributed by atoms with Gasteiger partial charge in [-0.05, 0) is 48.0 Å². The Labute approximate surface area is 161 Å². The maximum atomic E-state index is 11.8. The number of Topliss-reactive ketones (excluding diaryl/α,β-unsaturated/α-hetero) is 1. The van der Waals surface area contributed by atoms with Gasteiger partial charge in [0.25, 0.3) is 5.89 Å². The first-order valence-electron chi connectivity index (χ1n) is 7.75. The number of carbonyl (C=O) groups is 1. The van der Waals surface area contributed by atoms with E-state index in [-0.39, 0.29) is 5.78 Å². The van der Waals surface area contributed by atoms with E-state index in [2.05, 4.69) is 31.1 Å². The fourth-order valence-corrected chi connectivity index (χ4v) is 4.20. The lowest BCUT2D eigenvalue weighted by Crippen LogP contribution is -1.98. The molecule has 0 saturated carbocycles. The Morgan fingerprint density at radius 1 is 1.23 bits per heavy atom. The Morgan fingerprint density at radius 2 is 1.96 bits per heavy atom. The van der Waals surface area contributed by atoms with Crippen molar-refractivity contribution in [3.63, 3.8) is 0 Å². The molecule has 0 amide bonds. The normalized spacial score (nSPS) is 11.2. The van der Waals surface area contributed by atoms with Gasteiger partial charge in [0.1, 0.15) is 9.71 Å². The summed E-state index contributed by atoms with van der Waals surface area (Å²) in [6.45, 7) is 3.32. The second-order valence-corrected chi connectivity index (χ2v) is 7.62. The fraction of sp³-hybridized carbons (Fsp3) is 0.111. The third-order valence-corrected chi connectivity index (χ3v) is 5.81. The van der Waals surface area contributed by atoms with E-state index in [9.17, 15) is 4.79 Å². The molecule has 0 aliphatic carbocycles. The molecule has 0 atom stereocenters. The van der Waals surface area contributed by atoms with Gasteiger partial charge >= 0.3 is 0 Å². The van der Waals surface area contributed by atoms with Crippen LogP contribution in [0.1, 0.15) is 23.0 Å². The molecule has 0 radical (unpaired) electrons. The van der Waals surface area contributed by atoms with Gasteiger partial charge in [0.05, 0.1) is 11.3 Å². The fourth-order valence-electron chi connectivity index (χ4n) is 2.70. The molecule has 0 aliphatic heterocycles. The van der Waals surface area contributed by atoms with E-state index in [0.717, 1.165) is 20.3 Å². The summed E-state index contributed by atoms with van der Waals surface area (Å²) in [6.07, 6.45) is 0. The van der Waals surface area contributed by atoms with Crippen LogP contribution in [0.25, 0.3) is 32.4 Å². The van der Waals surface area contributed by atoms with Crippen LogP contribution in [-0.2, 0) is 0 Å². The number of carbonyl (C=O) groups excluding carboxylic acids is 1. The van der Waals surface area contributed by atoms with Crippen molar-refractivity contribution >= 4 is 49.0 Å². The SMILES string of the molecule is CC(=O)c1cc2c(N)c(-c3nnc(-c4ccccc4Br)o3)sc2nc1C. The Bertz CT molecular complexity index is 1170. The molecule has 0 saturated heterocycles. The van der Waals surface area contributed by atoms with Crippen LogP contribution in [0.15, 0.2) is 39.2 Å². The van der Waals surface area contributed by atoms with Crippen LogP contribution in [-0.4, -0.2) is 21.0 Å². The van der Waals surface area contributed by atoms with Gasteiger partial charge in [0.2, 0.25) is 5.89 Å². The highest BCUT2D eigenvalue weighted by atomic mass is 79.9. The number of hydrogen-bond donors (Lipinski definition) is 1. The van der Waals surface area contributed by atoms with Crippen molar-refractivity contribution in [1.82, 2.24) is 15.2 Å². The Kier molecular flexibility index (Phi) is 4.08. The van der Waals surface area contributed by atoms with Crippen molar-refractivity contribution < 1.29 is 9.21 Å². The van der Waals surface area contributed by atoms with Gasteiger partial charge in [0.15, 0.2) is 5.78 Å². The molecule has 26 heavy (non-hydrogen) atoms. The number of hydrogen-bond acceptors (Lipinski definition) is 7. The number of nitrogens with two attached hydrogens (primary N) is 1. The number of halogens is 1. The van der Waals surface area contributed by atoms with Crippen LogP contribution in [0.3, 0.4) is 0 Å². The molecule has 1 aromatic carbocycles. The van der Waals surface area contributed by atoms with E-state index in [0.29, 0.717) is 33.6 Å². The Balaban J connectivity index is 1.84. The van der Waals surface area contributed by atoms with Gasteiger partial charge < -0.3 is 10.2 Å². The van der Waals surface area contributed by atoms with Gasteiger partial charge in [-0.1, -0.05) is 12.1 Å². The van der Waals surface area contributed by atoms with E-state index >= 15 is 0 Å². The van der Waals surface area contributed by atoms with Crippen LogP contribution in [0.5, 0.6) is 0 Å². The molecule has 4 rings (SSSR count). The van der Waals surface area contributed by atoms with Crippen LogP contribution in [0.4, 0.5) is 5.69 Å². The lowest BCUT2D eigenvalue weighted by Gasteiger charge is -2.01. The second kappa shape index (κ2) is 6.30. The van der Waals surface area contributed by atoms with Gasteiger partial charge in [-0.25, -0.2) is 4.98 Å². The molecule has 3 heterocycles. The average molecular weight is 429 g/mol. The number of thiophene rings is 1. The highest BCUT2D eigenvalue weighted by molar-refractivity contribution is 9.10. The zero-order valence-corrected chi connectivity index (χ0v) is 16.3. The monoisotopic (exact) mass is 428 g/mol. The maximum absolute atomic E-state index is 11.8. The molecule has 8 heteroatoms. The summed E-state index contributed by atoms with van der Waals surface area (Å²) < 4.78 is 6.70. The average Bonchev–Trinajstić information content (AvgIpc) is 3.19. The minimum atomic E-state index is -0.0435. The first-order chi connectivity index (χ1) is 12.5. The summed E-state index contributed by atoms with van der Waals surface area (Å²) in [4.78, 5) is 17.7. The molecular weight excluding hydrogens is 416 g/mol. The summed E-state index contributed by atoms with van der Waals surface area (Å²) in [5.41, 5.74) is 8.82. The first kappa shape index (κ1) is 16.9. The second-order valence-electron chi connectivity index (χ2n) is 5.77. The highest BCUT2D eigenvalue weighted by Gasteiger charge is 2.20. The van der Waals surface area contributed by atoms with Gasteiger partial charge in [-0.2, -0.15) is 0 Å². The number of aromatic nitrogens is 3. The van der Waals surface area contributed by atoms with Crippen molar-refractivity contribution in [3.8, 4) is 22.2 Å². The molecular formula is C18H13BrN4O2S. The largest absolute Gasteiger partial charge is 0.415 e. The molecule has 130 valence electrons. The summed E-state index contributed by atoms with van der Waals surface area (Å²) >= 11 is 4.85. The van der Waals surface area contributed by atoms with Crippen molar-refractivity contribution in [2.24, 2.45) is 0 Å². The summed E-state index contributed by atoms with van der Waals surface area (Å²) in [5.74, 6) is 0.689. The first-order valence-corrected chi connectivity index (χ1v) is 9.36. The van der Waals surface area contributed by atoms with Crippen LogP contribution in [0.2, 0.25) is 0 Å². The quantitative estimate of drug-likeness (QED) is 0.467. The number of nitrogen functional groups attached to an aromatic ring is 1. The van der Waals surface area contributed by atoms with Crippen molar-refractivity contribution in [2.75, 3.05) is 5.73 Å². The molecule has 0 aliphatic rings. The molecule has 4 aromatic rings. The smallest absolute Gasteiger partial charge is 0.260 e. The zero-order chi connectivity index (χ0) is 18.4. The summed E-state index contributed by atoms with van der Waals surface area (Å²) in [5, 5.41) is 8.99. The number of pyridine rings is 1. The Hall–Kier alpha value is -2.58. The molecule has 0 fully saturated rings. The molecule has 6 nitrogen and oxygen atoms in total.